The minimum Gasteiger partial charge on any atom is -0.450 e. The van der Waals surface area contributed by atoms with Gasteiger partial charge in [0.05, 0.1) is 6.61 Å². The molecule has 0 radical (unpaired) electrons. The summed E-state index contributed by atoms with van der Waals surface area (Å²) in [6.07, 6.45) is 8.18. The maximum atomic E-state index is 12.8. The van der Waals surface area contributed by atoms with Crippen molar-refractivity contribution in [1.29, 1.82) is 0 Å². The Labute approximate surface area is 185 Å². The number of allylic oxidation sites excluding steroid dienone is 1. The van der Waals surface area contributed by atoms with Crippen molar-refractivity contribution in [2.24, 2.45) is 11.7 Å². The van der Waals surface area contributed by atoms with Gasteiger partial charge in [-0.1, -0.05) is 34.2 Å². The van der Waals surface area contributed by atoms with Gasteiger partial charge in [-0.25, -0.2) is 4.79 Å². The number of hydrogen-bond donors (Lipinski definition) is 3. The molecule has 2 unspecified atom stereocenters. The fourth-order valence-electron chi connectivity index (χ4n) is 4.44. The van der Waals surface area contributed by atoms with Crippen LogP contribution in [-0.2, 0) is 11.2 Å². The van der Waals surface area contributed by atoms with Crippen LogP contribution in [0.4, 0.5) is 4.79 Å². The highest BCUT2D eigenvalue weighted by Crippen LogP contribution is 2.41. The smallest absolute Gasteiger partial charge is 0.410 e. The van der Waals surface area contributed by atoms with Crippen molar-refractivity contribution < 1.29 is 9.53 Å². The molecule has 1 aromatic heterocycles. The Kier molecular flexibility index (Phi) is 6.61. The lowest BCUT2D eigenvalue weighted by atomic mass is 9.87. The number of H-pyrrole nitrogens is 1. The number of benzene rings is 1. The van der Waals surface area contributed by atoms with E-state index in [0.717, 1.165) is 47.2 Å². The van der Waals surface area contributed by atoms with E-state index in [1.807, 2.05) is 17.9 Å². The molecule has 0 bridgehead atoms. The van der Waals surface area contributed by atoms with Crippen LogP contribution in [0.2, 0.25) is 0 Å². The number of amides is 1. The van der Waals surface area contributed by atoms with Crippen LogP contribution in [0, 0.1) is 5.92 Å². The van der Waals surface area contributed by atoms with Crippen LogP contribution >= 0.6 is 15.9 Å². The standard InChI is InChI=1S/C23H29BrN4O2/c1-2-30-23(29)28-12-9-18-19-13-17(24)7-8-20(19)27-21(18)22(28)16-5-3-15(4-6-16)14-26-11-10-25/h3,5-8,13,15,22,26-27H,2,4,9-12,14,25H2,1H3. The lowest BCUT2D eigenvalue weighted by molar-refractivity contribution is 0.0929. The zero-order chi connectivity index (χ0) is 21.1. The molecule has 4 rings (SSSR count). The third-order valence-corrected chi connectivity index (χ3v) is 6.35. The van der Waals surface area contributed by atoms with Gasteiger partial charge in [0.1, 0.15) is 6.04 Å². The van der Waals surface area contributed by atoms with Crippen molar-refractivity contribution in [3.63, 3.8) is 0 Å². The molecule has 2 heterocycles. The molecule has 1 aliphatic carbocycles. The van der Waals surface area contributed by atoms with Gasteiger partial charge in [-0.15, -0.1) is 0 Å². The predicted molar refractivity (Wildman–Crippen MR) is 123 cm³/mol. The number of nitrogens with one attached hydrogen (secondary N) is 2. The fraction of sp³-hybridized carbons (Fsp3) is 0.435. The van der Waals surface area contributed by atoms with Crippen LogP contribution in [-0.4, -0.2) is 48.8 Å². The molecule has 2 aromatic rings. The van der Waals surface area contributed by atoms with E-state index in [4.69, 9.17) is 10.5 Å². The van der Waals surface area contributed by atoms with Crippen molar-refractivity contribution in [3.8, 4) is 0 Å². The second kappa shape index (κ2) is 9.37. The molecule has 30 heavy (non-hydrogen) atoms. The Morgan fingerprint density at radius 2 is 2.30 bits per heavy atom. The molecular weight excluding hydrogens is 444 g/mol. The van der Waals surface area contributed by atoms with E-state index < -0.39 is 0 Å². The van der Waals surface area contributed by atoms with E-state index >= 15 is 0 Å². The molecule has 6 nitrogen and oxygen atoms in total. The molecule has 0 saturated heterocycles. The fourth-order valence-corrected chi connectivity index (χ4v) is 4.80. The van der Waals surface area contributed by atoms with Crippen molar-refractivity contribution in [2.45, 2.75) is 25.8 Å². The molecule has 1 amide bonds. The van der Waals surface area contributed by atoms with Gasteiger partial charge in [0, 0.05) is 47.2 Å². The first-order valence-electron chi connectivity index (χ1n) is 10.6. The molecule has 1 aromatic carbocycles. The number of rotatable bonds is 6. The molecule has 160 valence electrons. The van der Waals surface area contributed by atoms with E-state index in [-0.39, 0.29) is 12.1 Å². The Morgan fingerprint density at radius 3 is 3.03 bits per heavy atom. The van der Waals surface area contributed by atoms with E-state index in [1.54, 1.807) is 0 Å². The Hall–Kier alpha value is -2.09. The molecule has 0 spiro atoms. The van der Waals surface area contributed by atoms with Crippen LogP contribution in [0.25, 0.3) is 10.9 Å². The largest absolute Gasteiger partial charge is 0.450 e. The first-order valence-corrected chi connectivity index (χ1v) is 11.4. The third kappa shape index (κ3) is 4.19. The quantitative estimate of drug-likeness (QED) is 0.554. The second-order valence-electron chi connectivity index (χ2n) is 7.80. The maximum absolute atomic E-state index is 12.8. The van der Waals surface area contributed by atoms with Gasteiger partial charge in [0.25, 0.3) is 0 Å². The van der Waals surface area contributed by atoms with Crippen molar-refractivity contribution in [1.82, 2.24) is 15.2 Å². The van der Waals surface area contributed by atoms with Crippen molar-refractivity contribution in [2.75, 3.05) is 32.8 Å². The molecule has 2 aliphatic rings. The molecule has 4 N–H and O–H groups in total. The van der Waals surface area contributed by atoms with Crippen LogP contribution in [0.5, 0.6) is 0 Å². The summed E-state index contributed by atoms with van der Waals surface area (Å²) < 4.78 is 6.45. The van der Waals surface area contributed by atoms with E-state index in [1.165, 1.54) is 10.9 Å². The van der Waals surface area contributed by atoms with Crippen molar-refractivity contribution in [3.05, 3.63) is 57.7 Å². The summed E-state index contributed by atoms with van der Waals surface area (Å²) >= 11 is 3.59. The average Bonchev–Trinajstić information content (AvgIpc) is 3.12. The number of nitrogens with zero attached hydrogens (tertiary/aromatic N) is 1. The predicted octanol–water partition coefficient (Wildman–Crippen LogP) is 4.04. The summed E-state index contributed by atoms with van der Waals surface area (Å²) in [5.41, 5.74) is 10.2. The zero-order valence-electron chi connectivity index (χ0n) is 17.3. The van der Waals surface area contributed by atoms with E-state index in [0.29, 0.717) is 25.6 Å². The van der Waals surface area contributed by atoms with Gasteiger partial charge in [-0.3, -0.25) is 4.90 Å². The molecular formula is C23H29BrN4O2. The number of aromatic nitrogens is 1. The summed E-state index contributed by atoms with van der Waals surface area (Å²) in [5, 5.41) is 4.60. The summed E-state index contributed by atoms with van der Waals surface area (Å²) in [7, 11) is 0. The average molecular weight is 473 g/mol. The van der Waals surface area contributed by atoms with Gasteiger partial charge in [-0.2, -0.15) is 0 Å². The maximum Gasteiger partial charge on any atom is 0.410 e. The number of hydrogen-bond acceptors (Lipinski definition) is 4. The number of carbonyl (C=O) groups excluding carboxylic acids is 1. The van der Waals surface area contributed by atoms with Crippen LogP contribution < -0.4 is 11.1 Å². The number of carbonyl (C=O) groups is 1. The molecule has 7 heteroatoms. The van der Waals surface area contributed by atoms with Crippen LogP contribution in [0.3, 0.4) is 0 Å². The van der Waals surface area contributed by atoms with Crippen molar-refractivity contribution >= 4 is 32.9 Å². The Bertz CT molecular complexity index is 981. The Balaban J connectivity index is 1.67. The van der Waals surface area contributed by atoms with E-state index in [9.17, 15) is 4.79 Å². The summed E-state index contributed by atoms with van der Waals surface area (Å²) in [5.74, 6) is 0.443. The SMILES string of the molecule is CCOC(=O)N1CCc2c([nH]c3ccc(Br)cc23)C1C1=CCC(CNCCN)C=C1. The lowest BCUT2D eigenvalue weighted by Crippen LogP contribution is -2.41. The zero-order valence-corrected chi connectivity index (χ0v) is 18.9. The highest BCUT2D eigenvalue weighted by molar-refractivity contribution is 9.10. The molecule has 0 fully saturated rings. The van der Waals surface area contributed by atoms with Gasteiger partial charge in [-0.05, 0) is 55.0 Å². The Morgan fingerprint density at radius 1 is 1.43 bits per heavy atom. The lowest BCUT2D eigenvalue weighted by Gasteiger charge is -2.36. The van der Waals surface area contributed by atoms with Gasteiger partial charge in [0.2, 0.25) is 0 Å². The normalized spacial score (nSPS) is 20.9. The summed E-state index contributed by atoms with van der Waals surface area (Å²) in [6, 6.07) is 6.13. The highest BCUT2D eigenvalue weighted by atomic mass is 79.9. The number of halogens is 1. The monoisotopic (exact) mass is 472 g/mol. The first kappa shape index (κ1) is 21.2. The molecule has 1 aliphatic heterocycles. The molecule has 2 atom stereocenters. The van der Waals surface area contributed by atoms with Crippen LogP contribution in [0.1, 0.15) is 30.6 Å². The first-order chi connectivity index (χ1) is 14.6. The number of fused-ring (bicyclic) bond motifs is 3. The third-order valence-electron chi connectivity index (χ3n) is 5.85. The van der Waals surface area contributed by atoms with E-state index in [2.05, 4.69) is 56.6 Å². The minimum atomic E-state index is -0.256. The topological polar surface area (TPSA) is 83.4 Å². The van der Waals surface area contributed by atoms with Crippen LogP contribution in [0.15, 0.2) is 46.5 Å². The number of nitrogens with two attached hydrogens (primary N) is 1. The number of ether oxygens (including phenoxy) is 1. The summed E-state index contributed by atoms with van der Waals surface area (Å²) in [6.45, 7) is 5.25. The number of aromatic amines is 1. The second-order valence-corrected chi connectivity index (χ2v) is 8.72. The molecule has 0 saturated carbocycles. The highest BCUT2D eigenvalue weighted by Gasteiger charge is 2.36. The minimum absolute atomic E-state index is 0.159. The summed E-state index contributed by atoms with van der Waals surface area (Å²) in [4.78, 5) is 18.2. The van der Waals surface area contributed by atoms with Gasteiger partial charge < -0.3 is 20.8 Å². The van der Waals surface area contributed by atoms with Gasteiger partial charge in [0.15, 0.2) is 0 Å². The van der Waals surface area contributed by atoms with Gasteiger partial charge >= 0.3 is 6.09 Å².